The van der Waals surface area contributed by atoms with Crippen molar-refractivity contribution in [3.8, 4) is 0 Å². The van der Waals surface area contributed by atoms with Gasteiger partial charge in [-0.1, -0.05) is 153 Å². The van der Waals surface area contributed by atoms with E-state index in [4.69, 9.17) is 0 Å². The summed E-state index contributed by atoms with van der Waals surface area (Å²) in [5.74, 6) is 0. The van der Waals surface area contributed by atoms with E-state index < -0.39 is 0 Å². The maximum Gasteiger partial charge on any atom is 0.0471 e. The van der Waals surface area contributed by atoms with Crippen molar-refractivity contribution < 1.29 is 0 Å². The van der Waals surface area contributed by atoms with Crippen LogP contribution >= 0.6 is 0 Å². The van der Waals surface area contributed by atoms with Crippen LogP contribution in [0.25, 0.3) is 11.1 Å². The van der Waals surface area contributed by atoms with E-state index in [0.717, 1.165) is 72.0 Å². The number of hydrogen-bond acceptors (Lipinski definition) is 0. The van der Waals surface area contributed by atoms with Gasteiger partial charge < -0.3 is 4.98 Å². The molecule has 1 nitrogen and oxygen atoms in total. The van der Waals surface area contributed by atoms with Crippen molar-refractivity contribution in [3.63, 3.8) is 0 Å². The molecule has 0 fully saturated rings. The number of H-pyrrole nitrogens is 1. The van der Waals surface area contributed by atoms with E-state index in [0.29, 0.717) is 0 Å². The van der Waals surface area contributed by atoms with Crippen LogP contribution in [0.3, 0.4) is 0 Å². The van der Waals surface area contributed by atoms with E-state index in [-0.39, 0.29) is 0 Å². The Hall–Kier alpha value is -5.92. The van der Waals surface area contributed by atoms with Gasteiger partial charge in [-0.2, -0.15) is 0 Å². The van der Waals surface area contributed by atoms with Crippen LogP contribution in [0.15, 0.2) is 232 Å². The zero-order valence-corrected chi connectivity index (χ0v) is 33.0. The Labute approximate surface area is 319 Å². The lowest BCUT2D eigenvalue weighted by Crippen LogP contribution is -2.17. The van der Waals surface area contributed by atoms with Gasteiger partial charge in [0.1, 0.15) is 0 Å². The number of aromatic amines is 1. The standard InChI is InChI=1S/C52H55N/c1-12-21-41(17-6)51-39(10)31-29-37(8)49(42(22-13-2)23-14-3)36(7)28-30-38(9)50(43(24-15-4)25-16-5)45-32-33-46(40(45)11)52(44-26-19-18-20-27-44)48-35-34-47(51)53-48/h12-35,53H,2,4,10H2,1,3,5-9,11H3/b21-12-,23-14-,25-16-,31-29-,36-28+,38-30+,41-17+,42-22+,43-24+,49-37-,50-45+,51-47+,52-48-. The van der Waals surface area contributed by atoms with Crippen molar-refractivity contribution in [2.75, 3.05) is 0 Å². The maximum absolute atomic E-state index is 4.64. The molecule has 0 saturated heterocycles. The van der Waals surface area contributed by atoms with Crippen LogP contribution in [-0.2, 0) is 0 Å². The molecule has 0 saturated carbocycles. The van der Waals surface area contributed by atoms with Crippen molar-refractivity contribution in [2.45, 2.75) is 55.4 Å². The number of allylic oxidation sites excluding steroid dienone is 29. The Morgan fingerprint density at radius 2 is 1.13 bits per heavy atom. The molecule has 2 heterocycles. The molecular formula is C52H55N. The summed E-state index contributed by atoms with van der Waals surface area (Å²) in [6.07, 6.45) is 36.1. The van der Waals surface area contributed by atoms with Gasteiger partial charge in [-0.15, -0.1) is 0 Å². The van der Waals surface area contributed by atoms with E-state index in [9.17, 15) is 0 Å². The maximum atomic E-state index is 4.64. The quantitative estimate of drug-likeness (QED) is 0.252. The summed E-state index contributed by atoms with van der Waals surface area (Å²) in [5.41, 5.74) is 16.9. The predicted molar refractivity (Wildman–Crippen MR) is 235 cm³/mol. The van der Waals surface area contributed by atoms with E-state index in [2.05, 4.69) is 207 Å². The Kier molecular flexibility index (Phi) is 14.3. The first-order chi connectivity index (χ1) is 25.6. The van der Waals surface area contributed by atoms with Crippen LogP contribution in [0.4, 0.5) is 0 Å². The summed E-state index contributed by atoms with van der Waals surface area (Å²) < 4.78 is 0. The highest BCUT2D eigenvalue weighted by Gasteiger charge is 2.22. The molecule has 0 unspecified atom stereocenters. The van der Waals surface area contributed by atoms with Crippen molar-refractivity contribution in [1.82, 2.24) is 4.98 Å². The lowest BCUT2D eigenvalue weighted by molar-refractivity contribution is 1.23. The molecule has 1 aromatic carbocycles. The number of rotatable bonds is 9. The minimum atomic E-state index is 0.917. The van der Waals surface area contributed by atoms with Crippen LogP contribution in [-0.4, -0.2) is 4.98 Å². The summed E-state index contributed by atoms with van der Waals surface area (Å²) in [5, 5.41) is 2.05. The smallest absolute Gasteiger partial charge is 0.0471 e. The van der Waals surface area contributed by atoms with Crippen LogP contribution < -0.4 is 10.7 Å². The van der Waals surface area contributed by atoms with Crippen LogP contribution in [0.1, 0.15) is 61.0 Å². The molecule has 1 aliphatic heterocycles. The molecule has 1 aliphatic carbocycles. The third kappa shape index (κ3) is 9.12. The number of benzene rings is 1. The summed E-state index contributed by atoms with van der Waals surface area (Å²) in [7, 11) is 0. The first-order valence-electron chi connectivity index (χ1n) is 18.4. The predicted octanol–water partition coefficient (Wildman–Crippen LogP) is 12.8. The fourth-order valence-electron chi connectivity index (χ4n) is 7.10. The van der Waals surface area contributed by atoms with Crippen molar-refractivity contribution in [3.05, 3.63) is 249 Å². The van der Waals surface area contributed by atoms with Crippen LogP contribution in [0.2, 0.25) is 0 Å². The number of aromatic nitrogens is 1. The Morgan fingerprint density at radius 1 is 0.585 bits per heavy atom. The van der Waals surface area contributed by atoms with Gasteiger partial charge in [0.25, 0.3) is 0 Å². The molecule has 0 spiro atoms. The molecule has 1 heteroatoms. The SMILES string of the molecule is C=C/C=C(\C=C/C)C1=C(C)\C=C/C(=C)C(/C(/C=C\C)=C/C)=c2/cc/c([nH]2)=C(\c2ccccc2)C2=C(C)/C(=C(C(/C=C\C)=C/C=C)\C(C)=C\C=C\1C)C=C2. The molecule has 2 aliphatic rings. The molecule has 2 aromatic rings. The van der Waals surface area contributed by atoms with Gasteiger partial charge in [-0.3, -0.25) is 0 Å². The van der Waals surface area contributed by atoms with E-state index in [1.165, 1.54) is 22.3 Å². The second-order valence-corrected chi connectivity index (χ2v) is 13.1. The van der Waals surface area contributed by atoms with Crippen molar-refractivity contribution in [1.29, 1.82) is 0 Å². The highest BCUT2D eigenvalue weighted by Crippen LogP contribution is 2.39. The first kappa shape index (κ1) is 39.9. The zero-order valence-electron chi connectivity index (χ0n) is 33.0. The molecule has 0 atom stereocenters. The van der Waals surface area contributed by atoms with Gasteiger partial charge in [0, 0.05) is 21.8 Å². The summed E-state index contributed by atoms with van der Waals surface area (Å²) in [4.78, 5) is 3.86. The summed E-state index contributed by atoms with van der Waals surface area (Å²) in [6, 6.07) is 15.1. The van der Waals surface area contributed by atoms with Gasteiger partial charge in [0.2, 0.25) is 0 Å². The Balaban J connectivity index is 2.31. The highest BCUT2D eigenvalue weighted by atomic mass is 14.7. The largest absolute Gasteiger partial charge is 0.354 e. The number of hydrogen-bond donors (Lipinski definition) is 1. The topological polar surface area (TPSA) is 15.8 Å². The van der Waals surface area contributed by atoms with Gasteiger partial charge in [0.15, 0.2) is 0 Å². The van der Waals surface area contributed by atoms with Gasteiger partial charge >= 0.3 is 0 Å². The Bertz CT molecular complexity index is 2310. The lowest BCUT2D eigenvalue weighted by Gasteiger charge is -2.17. The molecule has 1 aromatic heterocycles. The second-order valence-electron chi connectivity index (χ2n) is 13.1. The molecule has 268 valence electrons. The molecular weight excluding hydrogens is 639 g/mol. The minimum absolute atomic E-state index is 0.917. The third-order valence-electron chi connectivity index (χ3n) is 9.48. The average molecular weight is 694 g/mol. The Morgan fingerprint density at radius 3 is 1.72 bits per heavy atom. The fraction of sp³-hybridized carbons (Fsp3) is 0.154. The van der Waals surface area contributed by atoms with Crippen molar-refractivity contribution in [2.24, 2.45) is 0 Å². The van der Waals surface area contributed by atoms with Crippen LogP contribution in [0, 0.1) is 0 Å². The highest BCUT2D eigenvalue weighted by molar-refractivity contribution is 5.87. The molecule has 4 rings (SSSR count). The monoisotopic (exact) mass is 693 g/mol. The second kappa shape index (κ2) is 19.1. The average Bonchev–Trinajstić information content (AvgIpc) is 3.77. The third-order valence-corrected chi connectivity index (χ3v) is 9.48. The minimum Gasteiger partial charge on any atom is -0.354 e. The van der Waals surface area contributed by atoms with E-state index in [1.807, 2.05) is 19.1 Å². The molecule has 4 bridgehead atoms. The fourth-order valence-corrected chi connectivity index (χ4v) is 7.10. The van der Waals surface area contributed by atoms with Crippen molar-refractivity contribution >= 4 is 11.1 Å². The first-order valence-corrected chi connectivity index (χ1v) is 18.4. The molecule has 1 N–H and O–H groups in total. The normalized spacial score (nSPS) is 24.5. The lowest BCUT2D eigenvalue weighted by atomic mass is 9.87. The molecule has 0 amide bonds. The summed E-state index contributed by atoms with van der Waals surface area (Å²) >= 11 is 0. The summed E-state index contributed by atoms with van der Waals surface area (Å²) in [6.45, 7) is 29.8. The van der Waals surface area contributed by atoms with Gasteiger partial charge in [-0.25, -0.2) is 0 Å². The molecule has 53 heavy (non-hydrogen) atoms. The molecule has 0 radical (unpaired) electrons. The number of nitrogens with one attached hydrogen (secondary N) is 1. The van der Waals surface area contributed by atoms with Gasteiger partial charge in [0.05, 0.1) is 0 Å². The van der Waals surface area contributed by atoms with E-state index >= 15 is 0 Å². The van der Waals surface area contributed by atoms with Crippen LogP contribution in [0.5, 0.6) is 0 Å². The van der Waals surface area contributed by atoms with Gasteiger partial charge in [-0.05, 0) is 140 Å². The zero-order chi connectivity index (χ0) is 38.5. The number of fused-ring (bicyclic) bond motifs is 3. The van der Waals surface area contributed by atoms with E-state index in [1.54, 1.807) is 0 Å².